The highest BCUT2D eigenvalue weighted by Gasteiger charge is 2.43. The van der Waals surface area contributed by atoms with Crippen LogP contribution >= 0.6 is 0 Å². The zero-order chi connectivity index (χ0) is 19.6. The van der Waals surface area contributed by atoms with E-state index in [1.807, 2.05) is 32.0 Å². The third-order valence-electron chi connectivity index (χ3n) is 5.48. The van der Waals surface area contributed by atoms with E-state index < -0.39 is 12.1 Å². The van der Waals surface area contributed by atoms with Crippen LogP contribution in [0.2, 0.25) is 0 Å². The van der Waals surface area contributed by atoms with E-state index in [9.17, 15) is 9.59 Å². The Kier molecular flexibility index (Phi) is 5.86. The number of benzene rings is 1. The van der Waals surface area contributed by atoms with Crippen molar-refractivity contribution < 1.29 is 19.1 Å². The van der Waals surface area contributed by atoms with Gasteiger partial charge in [0.05, 0.1) is 20.3 Å². The average molecular weight is 376 g/mol. The summed E-state index contributed by atoms with van der Waals surface area (Å²) in [4.78, 5) is 27.0. The second-order valence-corrected chi connectivity index (χ2v) is 6.96. The molecule has 0 saturated carbocycles. The summed E-state index contributed by atoms with van der Waals surface area (Å²) in [6.45, 7) is 4.96. The number of ether oxygens (including phenoxy) is 2. The molecule has 2 aliphatic rings. The number of piperazine rings is 1. The summed E-state index contributed by atoms with van der Waals surface area (Å²) in [7, 11) is 3.24. The van der Waals surface area contributed by atoms with Gasteiger partial charge in [-0.1, -0.05) is 13.8 Å². The third-order valence-corrected chi connectivity index (χ3v) is 5.48. The number of rotatable bonds is 5. The number of carbonyl (C=O) groups is 2. The molecule has 8 heteroatoms. The molecule has 4 atom stereocenters. The van der Waals surface area contributed by atoms with E-state index >= 15 is 0 Å². The van der Waals surface area contributed by atoms with Crippen molar-refractivity contribution in [1.29, 1.82) is 0 Å². The van der Waals surface area contributed by atoms with E-state index in [2.05, 4.69) is 16.2 Å². The molecular formula is C19H28N4O4. The Morgan fingerprint density at radius 2 is 2.04 bits per heavy atom. The van der Waals surface area contributed by atoms with Gasteiger partial charge in [-0.3, -0.25) is 9.59 Å². The summed E-state index contributed by atoms with van der Waals surface area (Å²) in [6, 6.07) is 4.67. The van der Waals surface area contributed by atoms with Crippen LogP contribution in [0.3, 0.4) is 0 Å². The first-order valence-electron chi connectivity index (χ1n) is 9.33. The fraction of sp³-hybridized carbons (Fsp3) is 0.579. The van der Waals surface area contributed by atoms with Crippen LogP contribution in [0.5, 0.6) is 11.5 Å². The Labute approximate surface area is 159 Å². The van der Waals surface area contributed by atoms with Gasteiger partial charge >= 0.3 is 0 Å². The molecule has 2 fully saturated rings. The lowest BCUT2D eigenvalue weighted by Crippen LogP contribution is -2.60. The summed E-state index contributed by atoms with van der Waals surface area (Å²) in [5, 5.41) is 2.83. The van der Waals surface area contributed by atoms with Crippen LogP contribution in [0.25, 0.3) is 0 Å². The van der Waals surface area contributed by atoms with Crippen molar-refractivity contribution in [1.82, 2.24) is 21.1 Å². The molecule has 1 aromatic rings. The minimum Gasteiger partial charge on any atom is -0.497 e. The minimum absolute atomic E-state index is 0.0407. The second kappa shape index (κ2) is 8.14. The fourth-order valence-electron chi connectivity index (χ4n) is 3.93. The predicted octanol–water partition coefficient (Wildman–Crippen LogP) is 0.594. The molecule has 0 aromatic heterocycles. The topological polar surface area (TPSA) is 91.9 Å². The van der Waals surface area contributed by atoms with Crippen LogP contribution in [0, 0.1) is 5.92 Å². The molecule has 4 unspecified atom stereocenters. The number of hydrazine groups is 1. The lowest BCUT2D eigenvalue weighted by Gasteiger charge is -2.36. The van der Waals surface area contributed by atoms with Gasteiger partial charge in [0.2, 0.25) is 11.8 Å². The lowest BCUT2D eigenvalue weighted by atomic mass is 9.89. The first-order valence-corrected chi connectivity index (χ1v) is 9.33. The van der Waals surface area contributed by atoms with Crippen LogP contribution in [0.15, 0.2) is 18.2 Å². The summed E-state index contributed by atoms with van der Waals surface area (Å²) in [5.74, 6) is 1.29. The van der Waals surface area contributed by atoms with Gasteiger partial charge in [0.25, 0.3) is 0 Å². The van der Waals surface area contributed by atoms with E-state index in [1.54, 1.807) is 19.1 Å². The first kappa shape index (κ1) is 19.4. The van der Waals surface area contributed by atoms with Crippen molar-refractivity contribution in [2.24, 2.45) is 5.92 Å². The van der Waals surface area contributed by atoms with Crippen LogP contribution in [0.1, 0.15) is 31.9 Å². The Balaban J connectivity index is 1.81. The maximum Gasteiger partial charge on any atom is 0.242 e. The number of amides is 2. The maximum absolute atomic E-state index is 13.2. The molecule has 0 spiro atoms. The number of methoxy groups -OCH3 is 2. The van der Waals surface area contributed by atoms with Crippen molar-refractivity contribution in [2.75, 3.05) is 27.3 Å². The molecule has 8 nitrogen and oxygen atoms in total. The highest BCUT2D eigenvalue weighted by atomic mass is 16.5. The normalized spacial score (nSPS) is 28.0. The predicted molar refractivity (Wildman–Crippen MR) is 100 cm³/mol. The Morgan fingerprint density at radius 3 is 2.70 bits per heavy atom. The molecule has 3 rings (SSSR count). The second-order valence-electron chi connectivity index (χ2n) is 6.96. The van der Waals surface area contributed by atoms with Crippen molar-refractivity contribution in [3.63, 3.8) is 0 Å². The van der Waals surface area contributed by atoms with Gasteiger partial charge in [-0.25, -0.2) is 10.9 Å². The van der Waals surface area contributed by atoms with Gasteiger partial charge in [-0.15, -0.1) is 0 Å². The van der Waals surface area contributed by atoms with Crippen molar-refractivity contribution in [3.05, 3.63) is 23.8 Å². The molecule has 1 aromatic carbocycles. The van der Waals surface area contributed by atoms with Gasteiger partial charge in [-0.2, -0.15) is 0 Å². The largest absolute Gasteiger partial charge is 0.497 e. The molecule has 148 valence electrons. The smallest absolute Gasteiger partial charge is 0.242 e. The zero-order valence-electron chi connectivity index (χ0n) is 16.2. The highest BCUT2D eigenvalue weighted by Crippen LogP contribution is 2.37. The van der Waals surface area contributed by atoms with Gasteiger partial charge in [0.15, 0.2) is 0 Å². The monoisotopic (exact) mass is 376 g/mol. The molecule has 27 heavy (non-hydrogen) atoms. The molecule has 2 amide bonds. The van der Waals surface area contributed by atoms with Gasteiger partial charge in [-0.05, 0) is 24.6 Å². The van der Waals surface area contributed by atoms with Gasteiger partial charge < -0.3 is 19.7 Å². The molecule has 2 aliphatic heterocycles. The molecular weight excluding hydrogens is 348 g/mol. The Bertz CT molecular complexity index is 711. The lowest BCUT2D eigenvalue weighted by molar-refractivity contribution is -0.145. The zero-order valence-corrected chi connectivity index (χ0v) is 16.2. The number of nitrogens with one attached hydrogen (secondary N) is 3. The average Bonchev–Trinajstić information content (AvgIpc) is 3.07. The number of hydrogen-bond acceptors (Lipinski definition) is 6. The molecule has 2 heterocycles. The van der Waals surface area contributed by atoms with E-state index in [4.69, 9.17) is 9.47 Å². The minimum atomic E-state index is -0.425. The third kappa shape index (κ3) is 3.59. The van der Waals surface area contributed by atoms with Crippen LogP contribution < -0.4 is 25.6 Å². The molecule has 3 N–H and O–H groups in total. The fourth-order valence-corrected chi connectivity index (χ4v) is 3.93. The Morgan fingerprint density at radius 1 is 1.26 bits per heavy atom. The van der Waals surface area contributed by atoms with Crippen LogP contribution in [0.4, 0.5) is 0 Å². The van der Waals surface area contributed by atoms with E-state index in [1.165, 1.54) is 0 Å². The number of nitrogens with zero attached hydrogens (tertiary/aromatic N) is 1. The van der Waals surface area contributed by atoms with E-state index in [-0.39, 0.29) is 23.8 Å². The van der Waals surface area contributed by atoms with Gasteiger partial charge in [0.1, 0.15) is 23.6 Å². The number of hydrogen-bond donors (Lipinski definition) is 3. The molecule has 0 radical (unpaired) electrons. The Hall–Kier alpha value is -2.32. The van der Waals surface area contributed by atoms with Crippen LogP contribution in [-0.2, 0) is 9.59 Å². The van der Waals surface area contributed by atoms with Crippen molar-refractivity contribution in [3.8, 4) is 11.5 Å². The van der Waals surface area contributed by atoms with Crippen LogP contribution in [-0.4, -0.2) is 56.1 Å². The maximum atomic E-state index is 13.2. The first-order chi connectivity index (χ1) is 13.0. The summed E-state index contributed by atoms with van der Waals surface area (Å²) >= 11 is 0. The van der Waals surface area contributed by atoms with Crippen molar-refractivity contribution in [2.45, 2.75) is 38.4 Å². The summed E-state index contributed by atoms with van der Waals surface area (Å²) in [5.41, 5.74) is 7.29. The summed E-state index contributed by atoms with van der Waals surface area (Å²) in [6.07, 6.45) is 0.596. The summed E-state index contributed by atoms with van der Waals surface area (Å²) < 4.78 is 10.8. The SMILES string of the molecule is CCC1C(=O)NCCN1C(=O)C1NNC(c2cc(OC)ccc2OC)C1C. The standard InChI is InChI=1S/C19H28N4O4/c1-5-14-18(24)20-8-9-23(14)19(25)17-11(2)16(21-22-17)13-10-12(26-3)6-7-15(13)27-4/h6-7,10-11,14,16-17,21-22H,5,8-9H2,1-4H3,(H,20,24). The molecule has 0 bridgehead atoms. The molecule has 0 aliphatic carbocycles. The highest BCUT2D eigenvalue weighted by molar-refractivity contribution is 5.91. The van der Waals surface area contributed by atoms with Gasteiger partial charge in [0, 0.05) is 24.6 Å². The van der Waals surface area contributed by atoms with Crippen molar-refractivity contribution >= 4 is 11.8 Å². The quantitative estimate of drug-likeness (QED) is 0.697. The number of carbonyl (C=O) groups excluding carboxylic acids is 2. The molecule has 2 saturated heterocycles. The van der Waals surface area contributed by atoms with E-state index in [0.717, 1.165) is 17.1 Å². The van der Waals surface area contributed by atoms with E-state index in [0.29, 0.717) is 19.5 Å².